The van der Waals surface area contributed by atoms with E-state index in [-0.39, 0.29) is 11.8 Å². The number of benzene rings is 1. The summed E-state index contributed by atoms with van der Waals surface area (Å²) in [6.07, 6.45) is 3.05. The van der Waals surface area contributed by atoms with Gasteiger partial charge in [-0.05, 0) is 43.2 Å². The maximum Gasteiger partial charge on any atom is 0.227 e. The van der Waals surface area contributed by atoms with Crippen molar-refractivity contribution in [2.45, 2.75) is 12.8 Å². The molecule has 0 unspecified atom stereocenters. The van der Waals surface area contributed by atoms with Crippen LogP contribution in [-0.2, 0) is 4.79 Å². The van der Waals surface area contributed by atoms with Gasteiger partial charge in [0, 0.05) is 30.9 Å². The lowest BCUT2D eigenvalue weighted by molar-refractivity contribution is -0.120. The number of rotatable bonds is 3. The molecule has 0 atom stereocenters. The van der Waals surface area contributed by atoms with Gasteiger partial charge in [0.25, 0.3) is 0 Å². The second kappa shape index (κ2) is 7.46. The van der Waals surface area contributed by atoms with Crippen LogP contribution in [0.1, 0.15) is 24.0 Å². The summed E-state index contributed by atoms with van der Waals surface area (Å²) in [6.45, 7) is 1.49. The predicted molar refractivity (Wildman–Crippen MR) is 93.7 cm³/mol. The largest absolute Gasteiger partial charge is 0.357 e. The monoisotopic (exact) mass is 331 g/mol. The fraction of sp³-hybridized carbons (Fsp3) is 0.263. The van der Waals surface area contributed by atoms with Crippen molar-refractivity contribution in [1.82, 2.24) is 4.98 Å². The van der Waals surface area contributed by atoms with Gasteiger partial charge in [-0.2, -0.15) is 10.5 Å². The lowest BCUT2D eigenvalue weighted by atomic mass is 9.95. The number of piperidine rings is 1. The Labute approximate surface area is 146 Å². The van der Waals surface area contributed by atoms with Crippen molar-refractivity contribution < 1.29 is 4.79 Å². The van der Waals surface area contributed by atoms with Gasteiger partial charge in [0.05, 0.1) is 17.2 Å². The average Bonchev–Trinajstić information content (AvgIpc) is 2.68. The molecule has 1 aliphatic rings. The minimum atomic E-state index is -0.0552. The number of nitrogens with one attached hydrogen (secondary N) is 1. The molecule has 3 rings (SSSR count). The standard InChI is InChI=1S/C19H17N5O/c20-11-14-2-1-3-17(10-14)23-19(25)16-6-8-24(9-7-16)18-5-4-15(12-21)13-22-18/h1-5,10,13,16H,6-9H2,(H,23,25). The average molecular weight is 331 g/mol. The highest BCUT2D eigenvalue weighted by atomic mass is 16.1. The van der Waals surface area contributed by atoms with Gasteiger partial charge in [-0.15, -0.1) is 0 Å². The zero-order valence-electron chi connectivity index (χ0n) is 13.6. The number of aromatic nitrogens is 1. The molecule has 0 bridgehead atoms. The third kappa shape index (κ3) is 3.94. The van der Waals surface area contributed by atoms with E-state index in [4.69, 9.17) is 10.5 Å². The van der Waals surface area contributed by atoms with Crippen molar-refractivity contribution in [3.63, 3.8) is 0 Å². The second-order valence-electron chi connectivity index (χ2n) is 5.96. The van der Waals surface area contributed by atoms with E-state index in [0.29, 0.717) is 16.8 Å². The lowest BCUT2D eigenvalue weighted by Crippen LogP contribution is -2.38. The predicted octanol–water partition coefficient (Wildman–Crippen LogP) is 2.68. The highest BCUT2D eigenvalue weighted by Gasteiger charge is 2.25. The normalized spacial score (nSPS) is 14.4. The van der Waals surface area contributed by atoms with Gasteiger partial charge in [-0.25, -0.2) is 4.98 Å². The van der Waals surface area contributed by atoms with Crippen molar-refractivity contribution in [1.29, 1.82) is 10.5 Å². The van der Waals surface area contributed by atoms with Gasteiger partial charge >= 0.3 is 0 Å². The fourth-order valence-corrected chi connectivity index (χ4v) is 2.92. The van der Waals surface area contributed by atoms with Crippen molar-refractivity contribution >= 4 is 17.4 Å². The Morgan fingerprint density at radius 3 is 2.52 bits per heavy atom. The van der Waals surface area contributed by atoms with Crippen LogP contribution >= 0.6 is 0 Å². The Bertz CT molecular complexity index is 839. The number of nitriles is 2. The molecule has 1 aromatic heterocycles. The van der Waals surface area contributed by atoms with Gasteiger partial charge in [0.15, 0.2) is 0 Å². The van der Waals surface area contributed by atoms with Crippen LogP contribution in [0.4, 0.5) is 11.5 Å². The molecule has 0 aliphatic carbocycles. The summed E-state index contributed by atoms with van der Waals surface area (Å²) in [4.78, 5) is 18.9. The van der Waals surface area contributed by atoms with Crippen LogP contribution in [0, 0.1) is 28.6 Å². The van der Waals surface area contributed by atoms with Gasteiger partial charge in [-0.1, -0.05) is 6.07 Å². The number of hydrogen-bond acceptors (Lipinski definition) is 5. The summed E-state index contributed by atoms with van der Waals surface area (Å²) < 4.78 is 0. The summed E-state index contributed by atoms with van der Waals surface area (Å²) in [5, 5.41) is 20.6. The minimum Gasteiger partial charge on any atom is -0.357 e. The van der Waals surface area contributed by atoms with Crippen LogP contribution < -0.4 is 10.2 Å². The molecule has 6 heteroatoms. The van der Waals surface area contributed by atoms with Crippen LogP contribution in [0.2, 0.25) is 0 Å². The second-order valence-corrected chi connectivity index (χ2v) is 5.96. The molecule has 0 saturated carbocycles. The topological polar surface area (TPSA) is 92.8 Å². The summed E-state index contributed by atoms with van der Waals surface area (Å²) in [6, 6.07) is 14.6. The first-order chi connectivity index (χ1) is 12.2. The molecule has 0 radical (unpaired) electrons. The number of amides is 1. The van der Waals surface area contributed by atoms with E-state index in [2.05, 4.69) is 27.3 Å². The third-order valence-electron chi connectivity index (χ3n) is 4.33. The molecule has 25 heavy (non-hydrogen) atoms. The maximum absolute atomic E-state index is 12.4. The maximum atomic E-state index is 12.4. The quantitative estimate of drug-likeness (QED) is 0.933. The van der Waals surface area contributed by atoms with Crippen LogP contribution in [0.3, 0.4) is 0 Å². The molecule has 1 N–H and O–H groups in total. The zero-order chi connectivity index (χ0) is 17.6. The molecular weight excluding hydrogens is 314 g/mol. The number of anilines is 2. The molecule has 6 nitrogen and oxygen atoms in total. The summed E-state index contributed by atoms with van der Waals surface area (Å²) in [7, 11) is 0. The number of carbonyl (C=O) groups excluding carboxylic acids is 1. The van der Waals surface area contributed by atoms with E-state index in [1.165, 1.54) is 0 Å². The third-order valence-corrected chi connectivity index (χ3v) is 4.33. The molecule has 1 amide bonds. The first kappa shape index (κ1) is 16.5. The number of nitrogens with zero attached hydrogens (tertiary/aromatic N) is 4. The molecule has 1 aromatic carbocycles. The SMILES string of the molecule is N#Cc1ccc(N2CCC(C(=O)Nc3cccc(C#N)c3)CC2)nc1. The summed E-state index contributed by atoms with van der Waals surface area (Å²) in [5.41, 5.74) is 1.72. The van der Waals surface area contributed by atoms with E-state index in [0.717, 1.165) is 31.7 Å². The van der Waals surface area contributed by atoms with E-state index in [9.17, 15) is 4.79 Å². The Morgan fingerprint density at radius 1 is 1.12 bits per heavy atom. The van der Waals surface area contributed by atoms with E-state index < -0.39 is 0 Å². The van der Waals surface area contributed by atoms with Crippen LogP contribution in [-0.4, -0.2) is 24.0 Å². The van der Waals surface area contributed by atoms with Crippen LogP contribution in [0.5, 0.6) is 0 Å². The summed E-state index contributed by atoms with van der Waals surface area (Å²) >= 11 is 0. The van der Waals surface area contributed by atoms with Crippen LogP contribution in [0.25, 0.3) is 0 Å². The zero-order valence-corrected chi connectivity index (χ0v) is 13.6. The van der Waals surface area contributed by atoms with Gasteiger partial charge in [0.2, 0.25) is 5.91 Å². The first-order valence-electron chi connectivity index (χ1n) is 8.12. The van der Waals surface area contributed by atoms with Crippen LogP contribution in [0.15, 0.2) is 42.6 Å². The van der Waals surface area contributed by atoms with Crippen molar-refractivity contribution in [3.8, 4) is 12.1 Å². The molecular formula is C19H17N5O. The van der Waals surface area contributed by atoms with E-state index in [1.54, 1.807) is 36.5 Å². The molecule has 124 valence electrons. The molecule has 1 saturated heterocycles. The smallest absolute Gasteiger partial charge is 0.227 e. The Hall–Kier alpha value is -3.38. The number of carbonyl (C=O) groups is 1. The Balaban J connectivity index is 1.57. The first-order valence-corrected chi connectivity index (χ1v) is 8.12. The molecule has 2 heterocycles. The number of pyridine rings is 1. The van der Waals surface area contributed by atoms with Gasteiger partial charge < -0.3 is 10.2 Å². The Kier molecular flexibility index (Phi) is 4.92. The molecule has 2 aromatic rings. The number of hydrogen-bond donors (Lipinski definition) is 1. The van der Waals surface area contributed by atoms with Crippen molar-refractivity contribution in [2.75, 3.05) is 23.3 Å². The highest BCUT2D eigenvalue weighted by Crippen LogP contribution is 2.23. The van der Waals surface area contributed by atoms with Gasteiger partial charge in [-0.3, -0.25) is 4.79 Å². The van der Waals surface area contributed by atoms with Crippen molar-refractivity contribution in [3.05, 3.63) is 53.7 Å². The highest BCUT2D eigenvalue weighted by molar-refractivity contribution is 5.92. The van der Waals surface area contributed by atoms with Crippen molar-refractivity contribution in [2.24, 2.45) is 5.92 Å². The fourth-order valence-electron chi connectivity index (χ4n) is 2.92. The molecule has 1 fully saturated rings. The van der Waals surface area contributed by atoms with E-state index >= 15 is 0 Å². The molecule has 1 aliphatic heterocycles. The molecule has 0 spiro atoms. The minimum absolute atomic E-state index is 0.0115. The Morgan fingerprint density at radius 2 is 1.88 bits per heavy atom. The lowest BCUT2D eigenvalue weighted by Gasteiger charge is -2.32. The van der Waals surface area contributed by atoms with Gasteiger partial charge in [0.1, 0.15) is 11.9 Å². The van der Waals surface area contributed by atoms with E-state index in [1.807, 2.05) is 6.07 Å². The summed E-state index contributed by atoms with van der Waals surface area (Å²) in [5.74, 6) is 0.766.